The smallest absolute Gasteiger partial charge is 0.406 e. The molecule has 0 aliphatic rings. The van der Waals surface area contributed by atoms with E-state index < -0.39 is 6.36 Å². The Labute approximate surface area is 125 Å². The van der Waals surface area contributed by atoms with E-state index in [2.05, 4.69) is 14.8 Å². The number of hydrogen-bond acceptors (Lipinski definition) is 3. The predicted molar refractivity (Wildman–Crippen MR) is 76.6 cm³/mol. The summed E-state index contributed by atoms with van der Waals surface area (Å²) in [5, 5.41) is 4.18. The fourth-order valence-electron chi connectivity index (χ4n) is 2.12. The van der Waals surface area contributed by atoms with Gasteiger partial charge in [0.1, 0.15) is 12.1 Å². The van der Waals surface area contributed by atoms with Crippen molar-refractivity contribution in [3.8, 4) is 16.9 Å². The quantitative estimate of drug-likeness (QED) is 0.711. The van der Waals surface area contributed by atoms with E-state index in [1.54, 1.807) is 36.2 Å². The van der Waals surface area contributed by atoms with Gasteiger partial charge in [0.15, 0.2) is 0 Å². The molecular weight excluding hydrogens is 295 g/mol. The molecular formula is C15H14F3N3O. The number of aryl methyl sites for hydroxylation is 1. The van der Waals surface area contributed by atoms with Crippen molar-refractivity contribution in [3.05, 3.63) is 48.5 Å². The molecule has 0 N–H and O–H groups in total. The molecule has 3 aromatic rings. The predicted octanol–water partition coefficient (Wildman–Crippen LogP) is 4.24. The molecule has 4 nitrogen and oxygen atoms in total. The lowest BCUT2D eigenvalue weighted by molar-refractivity contribution is -0.274. The Morgan fingerprint density at radius 1 is 1.14 bits per heavy atom. The highest BCUT2D eigenvalue weighted by molar-refractivity contribution is 5.71. The van der Waals surface area contributed by atoms with E-state index in [9.17, 15) is 13.2 Å². The lowest BCUT2D eigenvalue weighted by Gasteiger charge is -2.11. The van der Waals surface area contributed by atoms with Crippen molar-refractivity contribution in [2.24, 2.45) is 0 Å². The van der Waals surface area contributed by atoms with Gasteiger partial charge in [0.05, 0.1) is 17.9 Å². The highest BCUT2D eigenvalue weighted by Crippen LogP contribution is 2.29. The topological polar surface area (TPSA) is 39.4 Å². The van der Waals surface area contributed by atoms with Gasteiger partial charge < -0.3 is 4.74 Å². The number of benzene rings is 1. The van der Waals surface area contributed by atoms with Crippen molar-refractivity contribution < 1.29 is 17.9 Å². The number of ether oxygens (including phenoxy) is 1. The molecule has 0 spiro atoms. The van der Waals surface area contributed by atoms with Crippen LogP contribution >= 0.6 is 0 Å². The van der Waals surface area contributed by atoms with Crippen LogP contribution in [0.15, 0.2) is 43.0 Å². The summed E-state index contributed by atoms with van der Waals surface area (Å²) in [6.45, 7) is 1.72. The molecule has 116 valence electrons. The Kier molecular flexibility index (Phi) is 4.07. The monoisotopic (exact) mass is 309 g/mol. The first-order valence-corrected chi connectivity index (χ1v) is 6.07. The van der Waals surface area contributed by atoms with Crippen LogP contribution in [0.5, 0.6) is 5.75 Å². The summed E-state index contributed by atoms with van der Waals surface area (Å²) in [5.41, 5.74) is 3.07. The van der Waals surface area contributed by atoms with Crippen molar-refractivity contribution in [2.75, 3.05) is 0 Å². The average Bonchev–Trinajstić information content (AvgIpc) is 2.84. The molecule has 22 heavy (non-hydrogen) atoms. The van der Waals surface area contributed by atoms with Crippen LogP contribution in [-0.2, 0) is 0 Å². The van der Waals surface area contributed by atoms with E-state index in [-0.39, 0.29) is 13.2 Å². The third-order valence-corrected chi connectivity index (χ3v) is 3.01. The van der Waals surface area contributed by atoms with E-state index in [1.165, 1.54) is 12.1 Å². The number of nitrogens with zero attached hydrogens (tertiary/aromatic N) is 3. The third kappa shape index (κ3) is 3.19. The third-order valence-electron chi connectivity index (χ3n) is 3.01. The summed E-state index contributed by atoms with van der Waals surface area (Å²) in [5.74, 6) is -0.234. The van der Waals surface area contributed by atoms with Gasteiger partial charge in [-0.3, -0.25) is 0 Å². The zero-order valence-corrected chi connectivity index (χ0v) is 10.9. The van der Waals surface area contributed by atoms with E-state index in [4.69, 9.17) is 0 Å². The second-order valence-electron chi connectivity index (χ2n) is 4.53. The summed E-state index contributed by atoms with van der Waals surface area (Å²) in [6, 6.07) is 6.09. The maximum atomic E-state index is 12.2. The minimum atomic E-state index is -4.69. The highest BCUT2D eigenvalue weighted by Gasteiger charge is 2.31. The molecule has 0 radical (unpaired) electrons. The minimum absolute atomic E-state index is 0. The van der Waals surface area contributed by atoms with Crippen LogP contribution in [-0.4, -0.2) is 21.0 Å². The summed E-state index contributed by atoms with van der Waals surface area (Å²) < 4.78 is 42.1. The Bertz CT molecular complexity index is 796. The zero-order chi connectivity index (χ0) is 15.0. The molecule has 0 aliphatic heterocycles. The van der Waals surface area contributed by atoms with Crippen LogP contribution in [0.2, 0.25) is 0 Å². The standard InChI is InChI=1S/C14H10F3N3O.CH4/c1-9-4-12(21-14(15,16)17)2-3-13(9)10-5-11-7-18-8-20(11)19-6-10;/h2-8H,1H3;1H4. The first-order chi connectivity index (χ1) is 9.92. The van der Waals surface area contributed by atoms with Gasteiger partial charge in [-0.15, -0.1) is 13.2 Å². The number of aromatic nitrogens is 3. The van der Waals surface area contributed by atoms with Gasteiger partial charge in [0, 0.05) is 5.56 Å². The number of rotatable bonds is 2. The summed E-state index contributed by atoms with van der Waals surface area (Å²) in [7, 11) is 0. The molecule has 2 aromatic heterocycles. The van der Waals surface area contributed by atoms with Crippen molar-refractivity contribution in [2.45, 2.75) is 20.7 Å². The van der Waals surface area contributed by atoms with Crippen molar-refractivity contribution >= 4 is 5.52 Å². The zero-order valence-electron chi connectivity index (χ0n) is 10.9. The SMILES string of the molecule is C.Cc1cc(OC(F)(F)F)ccc1-c1cnn2cncc2c1. The molecule has 0 saturated carbocycles. The largest absolute Gasteiger partial charge is 0.573 e. The lowest BCUT2D eigenvalue weighted by atomic mass is 10.0. The Balaban J connectivity index is 0.00000176. The van der Waals surface area contributed by atoms with Gasteiger partial charge in [-0.25, -0.2) is 9.50 Å². The molecule has 2 heterocycles. The average molecular weight is 309 g/mol. The Morgan fingerprint density at radius 2 is 1.91 bits per heavy atom. The van der Waals surface area contributed by atoms with Gasteiger partial charge in [-0.05, 0) is 36.2 Å². The summed E-state index contributed by atoms with van der Waals surface area (Å²) in [6.07, 6.45) is 0.187. The molecule has 0 fully saturated rings. The molecule has 3 rings (SSSR count). The number of fused-ring (bicyclic) bond motifs is 1. The second kappa shape index (κ2) is 5.67. The van der Waals surface area contributed by atoms with Crippen LogP contribution < -0.4 is 4.74 Å². The van der Waals surface area contributed by atoms with Crippen molar-refractivity contribution in [3.63, 3.8) is 0 Å². The van der Waals surface area contributed by atoms with Gasteiger partial charge >= 0.3 is 6.36 Å². The van der Waals surface area contributed by atoms with Gasteiger partial charge in [-0.2, -0.15) is 5.10 Å². The fraction of sp³-hybridized carbons (Fsp3) is 0.200. The van der Waals surface area contributed by atoms with E-state index in [0.717, 1.165) is 16.6 Å². The number of imidazole rings is 1. The van der Waals surface area contributed by atoms with E-state index in [1.807, 2.05) is 6.07 Å². The molecule has 0 saturated heterocycles. The molecule has 0 atom stereocenters. The van der Waals surface area contributed by atoms with E-state index in [0.29, 0.717) is 5.56 Å². The Morgan fingerprint density at radius 3 is 2.59 bits per heavy atom. The van der Waals surface area contributed by atoms with Gasteiger partial charge in [0.25, 0.3) is 0 Å². The van der Waals surface area contributed by atoms with Crippen LogP contribution in [0, 0.1) is 6.92 Å². The molecule has 7 heteroatoms. The van der Waals surface area contributed by atoms with Crippen LogP contribution in [0.25, 0.3) is 16.6 Å². The highest BCUT2D eigenvalue weighted by atomic mass is 19.4. The second-order valence-corrected chi connectivity index (χ2v) is 4.53. The van der Waals surface area contributed by atoms with Crippen molar-refractivity contribution in [1.82, 2.24) is 14.6 Å². The number of alkyl halides is 3. The molecule has 0 amide bonds. The fourth-order valence-corrected chi connectivity index (χ4v) is 2.12. The maximum Gasteiger partial charge on any atom is 0.573 e. The summed E-state index contributed by atoms with van der Waals surface area (Å²) >= 11 is 0. The normalized spacial score (nSPS) is 11.3. The minimum Gasteiger partial charge on any atom is -0.406 e. The molecule has 0 aliphatic carbocycles. The molecule has 0 bridgehead atoms. The Hall–Kier alpha value is -2.57. The number of hydrogen-bond donors (Lipinski definition) is 0. The first-order valence-electron chi connectivity index (χ1n) is 6.07. The lowest BCUT2D eigenvalue weighted by Crippen LogP contribution is -2.17. The summed E-state index contributed by atoms with van der Waals surface area (Å²) in [4.78, 5) is 3.97. The van der Waals surface area contributed by atoms with Gasteiger partial charge in [0.2, 0.25) is 0 Å². The van der Waals surface area contributed by atoms with Crippen molar-refractivity contribution in [1.29, 1.82) is 0 Å². The van der Waals surface area contributed by atoms with Crippen LogP contribution in [0.3, 0.4) is 0 Å². The van der Waals surface area contributed by atoms with Crippen LogP contribution in [0.1, 0.15) is 13.0 Å². The van der Waals surface area contributed by atoms with E-state index >= 15 is 0 Å². The van der Waals surface area contributed by atoms with Crippen LogP contribution in [0.4, 0.5) is 13.2 Å². The van der Waals surface area contributed by atoms with Gasteiger partial charge in [-0.1, -0.05) is 13.5 Å². The first kappa shape index (κ1) is 15.8. The number of halogens is 3. The maximum absolute atomic E-state index is 12.2. The molecule has 1 aromatic carbocycles. The molecule has 0 unspecified atom stereocenters.